The van der Waals surface area contributed by atoms with Crippen LogP contribution in [0.2, 0.25) is 0 Å². The number of sulfonamides is 1. The third kappa shape index (κ3) is 5.40. The molecule has 0 bridgehead atoms. The summed E-state index contributed by atoms with van der Waals surface area (Å²) in [7, 11) is -4.27. The zero-order chi connectivity index (χ0) is 21.8. The van der Waals surface area contributed by atoms with Crippen LogP contribution in [0.3, 0.4) is 0 Å². The lowest BCUT2D eigenvalue weighted by molar-refractivity contribution is -0.139. The maximum absolute atomic E-state index is 13.1. The molecule has 0 unspecified atom stereocenters. The van der Waals surface area contributed by atoms with Crippen molar-refractivity contribution in [1.82, 2.24) is 9.62 Å². The highest BCUT2D eigenvalue weighted by molar-refractivity contribution is 7.89. The van der Waals surface area contributed by atoms with Crippen molar-refractivity contribution in [1.29, 1.82) is 0 Å². The van der Waals surface area contributed by atoms with Gasteiger partial charge in [-0.2, -0.15) is 13.2 Å². The molecule has 0 radical (unpaired) electrons. The number of piperidine rings is 1. The first-order valence-corrected chi connectivity index (χ1v) is 11.2. The van der Waals surface area contributed by atoms with Crippen LogP contribution in [0.15, 0.2) is 59.5 Å². The Hall–Kier alpha value is -2.39. The Morgan fingerprint density at radius 2 is 1.60 bits per heavy atom. The highest BCUT2D eigenvalue weighted by atomic mass is 32.2. The van der Waals surface area contributed by atoms with E-state index < -0.39 is 26.7 Å². The molecule has 162 valence electrons. The van der Waals surface area contributed by atoms with Crippen LogP contribution in [0, 0.1) is 5.92 Å². The molecule has 1 amide bonds. The average Bonchev–Trinajstić information content (AvgIpc) is 2.74. The van der Waals surface area contributed by atoms with Crippen LogP contribution in [0.4, 0.5) is 13.2 Å². The molecule has 30 heavy (non-hydrogen) atoms. The fourth-order valence-corrected chi connectivity index (χ4v) is 4.87. The molecule has 0 saturated carbocycles. The van der Waals surface area contributed by atoms with Crippen molar-refractivity contribution in [2.24, 2.45) is 5.92 Å². The minimum atomic E-state index is -4.75. The molecular weight excluding hydrogens is 417 g/mol. The summed E-state index contributed by atoms with van der Waals surface area (Å²) in [5.41, 5.74) is -0.544. The summed E-state index contributed by atoms with van der Waals surface area (Å²) in [6.45, 7) is 1.19. The summed E-state index contributed by atoms with van der Waals surface area (Å²) in [6, 6.07) is 13.1. The highest BCUT2D eigenvalue weighted by Crippen LogP contribution is 2.34. The third-order valence-corrected chi connectivity index (χ3v) is 6.77. The number of carbonyl (C=O) groups is 1. The first kappa shape index (κ1) is 22.3. The molecule has 5 nitrogen and oxygen atoms in total. The lowest BCUT2D eigenvalue weighted by Crippen LogP contribution is -2.39. The minimum absolute atomic E-state index is 0.0292. The number of rotatable bonds is 6. The van der Waals surface area contributed by atoms with E-state index in [1.807, 2.05) is 18.2 Å². The van der Waals surface area contributed by atoms with Crippen molar-refractivity contribution in [3.8, 4) is 0 Å². The number of benzene rings is 2. The van der Waals surface area contributed by atoms with E-state index in [9.17, 15) is 26.4 Å². The number of likely N-dealkylation sites (tertiary alicyclic amines) is 1. The van der Waals surface area contributed by atoms with Gasteiger partial charge in [-0.1, -0.05) is 30.3 Å². The molecule has 1 heterocycles. The molecule has 2 aromatic rings. The number of alkyl halides is 3. The maximum Gasteiger partial charge on any atom is 0.417 e. The Kier molecular flexibility index (Phi) is 6.82. The maximum atomic E-state index is 13.1. The van der Waals surface area contributed by atoms with Crippen molar-refractivity contribution in [2.75, 3.05) is 19.6 Å². The predicted molar refractivity (Wildman–Crippen MR) is 106 cm³/mol. The van der Waals surface area contributed by atoms with Crippen molar-refractivity contribution in [3.05, 3.63) is 65.7 Å². The predicted octanol–water partition coefficient (Wildman–Crippen LogP) is 3.93. The molecule has 3 rings (SSSR count). The van der Waals surface area contributed by atoms with Gasteiger partial charge in [-0.15, -0.1) is 0 Å². The summed E-state index contributed by atoms with van der Waals surface area (Å²) in [6.07, 6.45) is -2.80. The summed E-state index contributed by atoms with van der Waals surface area (Å²) in [5.74, 6) is 0.170. The van der Waals surface area contributed by atoms with Crippen LogP contribution < -0.4 is 4.72 Å². The van der Waals surface area contributed by atoms with Crippen LogP contribution in [0.25, 0.3) is 0 Å². The van der Waals surface area contributed by atoms with Crippen molar-refractivity contribution < 1.29 is 26.4 Å². The molecule has 0 spiro atoms. The van der Waals surface area contributed by atoms with Gasteiger partial charge in [0.15, 0.2) is 0 Å². The molecular formula is C21H23F3N2O3S. The van der Waals surface area contributed by atoms with E-state index in [4.69, 9.17) is 0 Å². The number of nitrogens with one attached hydrogen (secondary N) is 1. The van der Waals surface area contributed by atoms with Crippen LogP contribution in [-0.4, -0.2) is 38.9 Å². The van der Waals surface area contributed by atoms with E-state index in [-0.39, 0.29) is 18.4 Å². The second kappa shape index (κ2) is 9.18. The van der Waals surface area contributed by atoms with E-state index in [2.05, 4.69) is 4.72 Å². The molecule has 0 aliphatic carbocycles. The third-order valence-electron chi connectivity index (χ3n) is 5.25. The largest absolute Gasteiger partial charge is 0.417 e. The number of halogens is 3. The van der Waals surface area contributed by atoms with E-state index in [1.54, 1.807) is 17.0 Å². The molecule has 1 aliphatic heterocycles. The topological polar surface area (TPSA) is 66.5 Å². The Morgan fingerprint density at radius 3 is 2.23 bits per heavy atom. The molecule has 1 aliphatic rings. The van der Waals surface area contributed by atoms with Gasteiger partial charge >= 0.3 is 6.18 Å². The van der Waals surface area contributed by atoms with E-state index >= 15 is 0 Å². The van der Waals surface area contributed by atoms with Crippen LogP contribution in [-0.2, 0) is 16.2 Å². The van der Waals surface area contributed by atoms with Gasteiger partial charge in [-0.25, -0.2) is 13.1 Å². The van der Waals surface area contributed by atoms with Gasteiger partial charge in [0.25, 0.3) is 5.91 Å². The molecule has 1 fully saturated rings. The van der Waals surface area contributed by atoms with Crippen molar-refractivity contribution in [2.45, 2.75) is 30.3 Å². The molecule has 1 N–H and O–H groups in total. The normalized spacial score (nSPS) is 15.9. The number of amides is 1. The quantitative estimate of drug-likeness (QED) is 0.740. The summed E-state index contributed by atoms with van der Waals surface area (Å²) >= 11 is 0. The average molecular weight is 440 g/mol. The monoisotopic (exact) mass is 440 g/mol. The number of hydrogen-bond donors (Lipinski definition) is 1. The Bertz CT molecular complexity index is 970. The van der Waals surface area contributed by atoms with Gasteiger partial charge < -0.3 is 4.90 Å². The first-order valence-electron chi connectivity index (χ1n) is 9.69. The molecule has 1 saturated heterocycles. The highest BCUT2D eigenvalue weighted by Gasteiger charge is 2.36. The number of nitrogens with zero attached hydrogens (tertiary/aromatic N) is 1. The van der Waals surface area contributed by atoms with Gasteiger partial charge in [-0.05, 0) is 49.4 Å². The van der Waals surface area contributed by atoms with Crippen molar-refractivity contribution in [3.63, 3.8) is 0 Å². The van der Waals surface area contributed by atoms with E-state index in [0.29, 0.717) is 25.1 Å². The Morgan fingerprint density at radius 1 is 1.00 bits per heavy atom. The van der Waals surface area contributed by atoms with E-state index in [0.717, 1.165) is 31.0 Å². The lowest BCUT2D eigenvalue weighted by atomic mass is 9.93. The van der Waals surface area contributed by atoms with Crippen LogP contribution >= 0.6 is 0 Å². The first-order chi connectivity index (χ1) is 14.2. The summed E-state index contributed by atoms with van der Waals surface area (Å²) in [4.78, 5) is 13.5. The zero-order valence-electron chi connectivity index (χ0n) is 16.2. The minimum Gasteiger partial charge on any atom is -0.339 e. The van der Waals surface area contributed by atoms with Gasteiger partial charge in [-0.3, -0.25) is 4.79 Å². The summed E-state index contributed by atoms with van der Waals surface area (Å²) < 4.78 is 66.3. The second-order valence-electron chi connectivity index (χ2n) is 7.28. The summed E-state index contributed by atoms with van der Waals surface area (Å²) in [5, 5.41) is 0. The van der Waals surface area contributed by atoms with Crippen LogP contribution in [0.1, 0.15) is 35.2 Å². The van der Waals surface area contributed by atoms with Gasteiger partial charge in [0.05, 0.1) is 10.5 Å². The molecule has 0 aromatic heterocycles. The fourth-order valence-electron chi connectivity index (χ4n) is 3.60. The number of carbonyl (C=O) groups excluding carboxylic acids is 1. The molecule has 9 heteroatoms. The SMILES string of the molecule is O=C(c1ccccc1)N1CCC(CCNS(=O)(=O)c2ccccc2C(F)(F)F)CC1. The fraction of sp³-hybridized carbons (Fsp3) is 0.381. The molecule has 2 aromatic carbocycles. The lowest BCUT2D eigenvalue weighted by Gasteiger charge is -2.32. The Labute approximate surface area is 173 Å². The van der Waals surface area contributed by atoms with Gasteiger partial charge in [0.1, 0.15) is 0 Å². The Balaban J connectivity index is 1.52. The molecule has 0 atom stereocenters. The zero-order valence-corrected chi connectivity index (χ0v) is 17.0. The van der Waals surface area contributed by atoms with Crippen LogP contribution in [0.5, 0.6) is 0 Å². The second-order valence-corrected chi connectivity index (χ2v) is 9.02. The standard InChI is InChI=1S/C21H23F3N2O3S/c22-21(23,24)18-8-4-5-9-19(18)30(28,29)25-13-10-16-11-14-26(15-12-16)20(27)17-6-2-1-3-7-17/h1-9,16,25H,10-15H2. The van der Waals surface area contributed by atoms with Crippen molar-refractivity contribution >= 4 is 15.9 Å². The van der Waals surface area contributed by atoms with Gasteiger partial charge in [0, 0.05) is 25.2 Å². The smallest absolute Gasteiger partial charge is 0.339 e. The van der Waals surface area contributed by atoms with Gasteiger partial charge in [0.2, 0.25) is 10.0 Å². The van der Waals surface area contributed by atoms with E-state index in [1.165, 1.54) is 6.07 Å². The number of hydrogen-bond acceptors (Lipinski definition) is 3.